The maximum atomic E-state index is 12.4. The molecule has 0 heterocycles. The lowest BCUT2D eigenvalue weighted by atomic mass is 10.2. The van der Waals surface area contributed by atoms with E-state index in [1.54, 1.807) is 30.3 Å². The molecular formula is C17H21NO3S. The third-order valence-electron chi connectivity index (χ3n) is 3.16. The molecule has 2 rings (SSSR count). The summed E-state index contributed by atoms with van der Waals surface area (Å²) in [5, 5.41) is 0. The molecule has 2 aromatic carbocycles. The number of ether oxygens (including phenoxy) is 1. The molecule has 0 unspecified atom stereocenters. The van der Waals surface area contributed by atoms with Gasteiger partial charge in [0.15, 0.2) is 0 Å². The average molecular weight is 319 g/mol. The Balaban J connectivity index is 2.30. The highest BCUT2D eigenvalue weighted by Crippen LogP contribution is 2.25. The molecule has 0 saturated heterocycles. The maximum absolute atomic E-state index is 12.4. The number of nitrogens with one attached hydrogen (secondary N) is 1. The van der Waals surface area contributed by atoms with Crippen molar-refractivity contribution in [3.05, 3.63) is 53.6 Å². The zero-order valence-corrected chi connectivity index (χ0v) is 14.1. The number of rotatable bonds is 5. The molecule has 0 atom stereocenters. The van der Waals surface area contributed by atoms with Crippen molar-refractivity contribution in [1.29, 1.82) is 0 Å². The first-order valence-electron chi connectivity index (χ1n) is 7.15. The Bertz CT molecular complexity index is 750. The van der Waals surface area contributed by atoms with Gasteiger partial charge in [0.2, 0.25) is 0 Å². The Kier molecular flexibility index (Phi) is 4.76. The van der Waals surface area contributed by atoms with Crippen LogP contribution in [-0.4, -0.2) is 14.5 Å². The van der Waals surface area contributed by atoms with Gasteiger partial charge in [-0.05, 0) is 51.5 Å². The highest BCUT2D eigenvalue weighted by atomic mass is 32.2. The van der Waals surface area contributed by atoms with E-state index in [2.05, 4.69) is 4.72 Å². The van der Waals surface area contributed by atoms with Crippen LogP contribution in [-0.2, 0) is 10.0 Å². The molecule has 4 nitrogen and oxygen atoms in total. The summed E-state index contributed by atoms with van der Waals surface area (Å²) in [6.07, 6.45) is 0.0317. The van der Waals surface area contributed by atoms with Crippen LogP contribution in [0.3, 0.4) is 0 Å². The summed E-state index contributed by atoms with van der Waals surface area (Å²) in [5.74, 6) is 0.641. The monoisotopic (exact) mass is 319 g/mol. The van der Waals surface area contributed by atoms with Crippen molar-refractivity contribution in [2.24, 2.45) is 0 Å². The first-order chi connectivity index (χ1) is 10.3. The number of benzene rings is 2. The molecule has 0 aliphatic carbocycles. The van der Waals surface area contributed by atoms with Crippen molar-refractivity contribution in [2.75, 3.05) is 4.72 Å². The van der Waals surface area contributed by atoms with Crippen LogP contribution in [0.15, 0.2) is 47.4 Å². The Hall–Kier alpha value is -2.01. The second-order valence-corrected chi connectivity index (χ2v) is 7.24. The molecule has 0 fully saturated rings. The van der Waals surface area contributed by atoms with Crippen LogP contribution in [0.4, 0.5) is 5.69 Å². The van der Waals surface area contributed by atoms with Gasteiger partial charge in [-0.2, -0.15) is 0 Å². The summed E-state index contributed by atoms with van der Waals surface area (Å²) in [4.78, 5) is 0.243. The van der Waals surface area contributed by atoms with Crippen LogP contribution in [0.5, 0.6) is 5.75 Å². The minimum atomic E-state index is -3.60. The molecule has 0 bridgehead atoms. The van der Waals surface area contributed by atoms with Crippen molar-refractivity contribution < 1.29 is 13.2 Å². The molecule has 2 aromatic rings. The van der Waals surface area contributed by atoms with Gasteiger partial charge in [0.25, 0.3) is 10.0 Å². The minimum Gasteiger partial charge on any atom is -0.491 e. The van der Waals surface area contributed by atoms with E-state index in [4.69, 9.17) is 4.74 Å². The number of hydrogen-bond acceptors (Lipinski definition) is 3. The van der Waals surface area contributed by atoms with Gasteiger partial charge in [-0.25, -0.2) is 8.42 Å². The quantitative estimate of drug-likeness (QED) is 0.909. The molecule has 0 aliphatic heterocycles. The maximum Gasteiger partial charge on any atom is 0.261 e. The standard InChI is InChI=1S/C17H21NO3S/c1-12(2)21-15-8-7-14(4)17(11-15)18-22(19,20)16-9-5-13(3)6-10-16/h5-12,18H,1-4H3. The zero-order chi connectivity index (χ0) is 16.3. The Morgan fingerprint density at radius 1 is 1.00 bits per heavy atom. The molecule has 0 spiro atoms. The van der Waals surface area contributed by atoms with Crippen LogP contribution in [0.25, 0.3) is 0 Å². The fourth-order valence-corrected chi connectivity index (χ4v) is 3.10. The highest BCUT2D eigenvalue weighted by Gasteiger charge is 2.15. The van der Waals surface area contributed by atoms with Crippen molar-refractivity contribution in [1.82, 2.24) is 0 Å². The minimum absolute atomic E-state index is 0.0317. The predicted molar refractivity (Wildman–Crippen MR) is 88.9 cm³/mol. The van der Waals surface area contributed by atoms with Gasteiger partial charge in [0, 0.05) is 6.07 Å². The van der Waals surface area contributed by atoms with Crippen molar-refractivity contribution in [3.63, 3.8) is 0 Å². The van der Waals surface area contributed by atoms with E-state index in [-0.39, 0.29) is 11.0 Å². The zero-order valence-electron chi connectivity index (χ0n) is 13.3. The lowest BCUT2D eigenvalue weighted by Crippen LogP contribution is -2.14. The smallest absolute Gasteiger partial charge is 0.261 e. The van der Waals surface area contributed by atoms with Crippen LogP contribution in [0.1, 0.15) is 25.0 Å². The number of sulfonamides is 1. The van der Waals surface area contributed by atoms with E-state index < -0.39 is 10.0 Å². The van der Waals surface area contributed by atoms with Gasteiger partial charge >= 0.3 is 0 Å². The highest BCUT2D eigenvalue weighted by molar-refractivity contribution is 7.92. The number of anilines is 1. The molecule has 5 heteroatoms. The Labute approximate surface area is 132 Å². The van der Waals surface area contributed by atoms with E-state index in [1.807, 2.05) is 39.8 Å². The third kappa shape index (κ3) is 4.01. The van der Waals surface area contributed by atoms with E-state index in [0.717, 1.165) is 11.1 Å². The SMILES string of the molecule is Cc1ccc(S(=O)(=O)Nc2cc(OC(C)C)ccc2C)cc1. The van der Waals surface area contributed by atoms with Crippen LogP contribution < -0.4 is 9.46 Å². The van der Waals surface area contributed by atoms with Gasteiger partial charge in [-0.15, -0.1) is 0 Å². The Morgan fingerprint density at radius 3 is 2.23 bits per heavy atom. The second kappa shape index (κ2) is 6.40. The number of hydrogen-bond donors (Lipinski definition) is 1. The van der Waals surface area contributed by atoms with Crippen molar-refractivity contribution >= 4 is 15.7 Å². The predicted octanol–water partition coefficient (Wildman–Crippen LogP) is 3.89. The fraction of sp³-hybridized carbons (Fsp3) is 0.294. The summed E-state index contributed by atoms with van der Waals surface area (Å²) < 4.78 is 33.1. The summed E-state index contributed by atoms with van der Waals surface area (Å²) in [7, 11) is -3.60. The average Bonchev–Trinajstić information content (AvgIpc) is 2.42. The van der Waals surface area contributed by atoms with Crippen LogP contribution in [0.2, 0.25) is 0 Å². The molecule has 0 aliphatic rings. The van der Waals surface area contributed by atoms with Crippen LogP contribution >= 0.6 is 0 Å². The first kappa shape index (κ1) is 16.4. The van der Waals surface area contributed by atoms with Gasteiger partial charge < -0.3 is 4.74 Å². The largest absolute Gasteiger partial charge is 0.491 e. The molecule has 0 amide bonds. The summed E-state index contributed by atoms with van der Waals surface area (Å²) in [6.45, 7) is 7.62. The second-order valence-electron chi connectivity index (χ2n) is 5.56. The lowest BCUT2D eigenvalue weighted by molar-refractivity contribution is 0.242. The van der Waals surface area contributed by atoms with Gasteiger partial charge in [-0.1, -0.05) is 23.8 Å². The normalized spacial score (nSPS) is 11.5. The molecule has 0 saturated carbocycles. The van der Waals surface area contributed by atoms with E-state index >= 15 is 0 Å². The summed E-state index contributed by atoms with van der Waals surface area (Å²) in [6, 6.07) is 12.1. The van der Waals surface area contributed by atoms with Crippen molar-refractivity contribution in [2.45, 2.75) is 38.7 Å². The first-order valence-corrected chi connectivity index (χ1v) is 8.63. The molecule has 118 valence electrons. The molecular weight excluding hydrogens is 298 g/mol. The van der Waals surface area contributed by atoms with E-state index in [1.165, 1.54) is 0 Å². The summed E-state index contributed by atoms with van der Waals surface area (Å²) in [5.41, 5.74) is 2.38. The van der Waals surface area contributed by atoms with Gasteiger partial charge in [0.05, 0.1) is 16.7 Å². The topological polar surface area (TPSA) is 55.4 Å². The lowest BCUT2D eigenvalue weighted by Gasteiger charge is -2.14. The summed E-state index contributed by atoms with van der Waals surface area (Å²) >= 11 is 0. The number of aryl methyl sites for hydroxylation is 2. The molecule has 0 aromatic heterocycles. The van der Waals surface area contributed by atoms with Crippen LogP contribution in [0, 0.1) is 13.8 Å². The third-order valence-corrected chi connectivity index (χ3v) is 4.54. The Morgan fingerprint density at radius 2 is 1.64 bits per heavy atom. The fourth-order valence-electron chi connectivity index (χ4n) is 1.98. The van der Waals surface area contributed by atoms with E-state index in [0.29, 0.717) is 11.4 Å². The van der Waals surface area contributed by atoms with Crippen molar-refractivity contribution in [3.8, 4) is 5.75 Å². The molecule has 0 radical (unpaired) electrons. The van der Waals surface area contributed by atoms with Gasteiger partial charge in [0.1, 0.15) is 5.75 Å². The molecule has 1 N–H and O–H groups in total. The van der Waals surface area contributed by atoms with Gasteiger partial charge in [-0.3, -0.25) is 4.72 Å². The molecule has 22 heavy (non-hydrogen) atoms. The van der Waals surface area contributed by atoms with E-state index in [9.17, 15) is 8.42 Å².